The predicted octanol–water partition coefficient (Wildman–Crippen LogP) is 1.92. The largest absolute Gasteiger partial charge is 0.396 e. The van der Waals surface area contributed by atoms with Crippen LogP contribution in [-0.2, 0) is 0 Å². The third kappa shape index (κ3) is 1.77. The van der Waals surface area contributed by atoms with Crippen molar-refractivity contribution < 1.29 is 5.11 Å². The first-order valence-corrected chi connectivity index (χ1v) is 5.22. The van der Waals surface area contributed by atoms with Crippen LogP contribution in [0.1, 0.15) is 27.2 Å². The summed E-state index contributed by atoms with van der Waals surface area (Å²) in [5.41, 5.74) is 1.21. The van der Waals surface area contributed by atoms with Gasteiger partial charge in [0.15, 0.2) is 0 Å². The molecule has 0 fully saturated rings. The fourth-order valence-electron chi connectivity index (χ4n) is 1.44. The third-order valence-corrected chi connectivity index (χ3v) is 3.94. The van der Waals surface area contributed by atoms with E-state index in [2.05, 4.69) is 31.5 Å². The summed E-state index contributed by atoms with van der Waals surface area (Å²) >= 11 is 1.80. The zero-order valence-corrected chi connectivity index (χ0v) is 8.74. The highest BCUT2D eigenvalue weighted by atomic mass is 32.2. The minimum Gasteiger partial charge on any atom is -0.396 e. The van der Waals surface area contributed by atoms with Gasteiger partial charge in [-0.15, -0.1) is 11.8 Å². The van der Waals surface area contributed by atoms with Crippen LogP contribution < -0.4 is 5.32 Å². The fraction of sp³-hybridized carbons (Fsp3) is 0.778. The van der Waals surface area contributed by atoms with Gasteiger partial charge in [0.2, 0.25) is 0 Å². The van der Waals surface area contributed by atoms with E-state index in [9.17, 15) is 0 Å². The van der Waals surface area contributed by atoms with Gasteiger partial charge in [0.05, 0.1) is 4.87 Å². The van der Waals surface area contributed by atoms with E-state index in [1.165, 1.54) is 5.70 Å². The van der Waals surface area contributed by atoms with Gasteiger partial charge >= 0.3 is 0 Å². The Hall–Kier alpha value is -0.150. The summed E-state index contributed by atoms with van der Waals surface area (Å²) < 4.78 is 0. The molecule has 12 heavy (non-hydrogen) atoms. The van der Waals surface area contributed by atoms with Crippen LogP contribution in [0.15, 0.2) is 11.1 Å². The van der Waals surface area contributed by atoms with Crippen molar-refractivity contribution in [1.82, 2.24) is 5.32 Å². The Morgan fingerprint density at radius 1 is 1.67 bits per heavy atom. The van der Waals surface area contributed by atoms with Crippen molar-refractivity contribution in [2.45, 2.75) is 32.1 Å². The van der Waals surface area contributed by atoms with E-state index in [0.717, 1.165) is 6.42 Å². The van der Waals surface area contributed by atoms with Crippen molar-refractivity contribution in [3.8, 4) is 0 Å². The average molecular weight is 187 g/mol. The molecule has 1 heterocycles. The molecule has 0 amide bonds. The number of allylic oxidation sites excluding steroid dienone is 1. The Bertz CT molecular complexity index is 191. The molecule has 0 aromatic carbocycles. The summed E-state index contributed by atoms with van der Waals surface area (Å²) in [7, 11) is 0. The van der Waals surface area contributed by atoms with Crippen LogP contribution in [0.2, 0.25) is 0 Å². The van der Waals surface area contributed by atoms with E-state index in [0.29, 0.717) is 5.92 Å². The van der Waals surface area contributed by atoms with Gasteiger partial charge in [-0.1, -0.05) is 13.8 Å². The van der Waals surface area contributed by atoms with Gasteiger partial charge in [-0.3, -0.25) is 0 Å². The molecule has 0 bridgehead atoms. The minimum absolute atomic E-state index is 0.0405. The average Bonchev–Trinajstić information content (AvgIpc) is 2.34. The van der Waals surface area contributed by atoms with Crippen molar-refractivity contribution in [2.75, 3.05) is 6.61 Å². The molecule has 3 heteroatoms. The summed E-state index contributed by atoms with van der Waals surface area (Å²) in [6.07, 6.45) is 0.809. The maximum absolute atomic E-state index is 8.95. The Morgan fingerprint density at radius 2 is 2.33 bits per heavy atom. The molecule has 1 aliphatic heterocycles. The number of aliphatic hydroxyl groups is 1. The van der Waals surface area contributed by atoms with Gasteiger partial charge < -0.3 is 10.4 Å². The van der Waals surface area contributed by atoms with E-state index in [-0.39, 0.29) is 11.5 Å². The summed E-state index contributed by atoms with van der Waals surface area (Å²) in [5, 5.41) is 14.5. The Kier molecular flexibility index (Phi) is 3.07. The first-order chi connectivity index (χ1) is 5.60. The zero-order chi connectivity index (χ0) is 9.19. The van der Waals surface area contributed by atoms with Crippen LogP contribution in [0.25, 0.3) is 0 Å². The quantitative estimate of drug-likeness (QED) is 0.708. The van der Waals surface area contributed by atoms with Crippen molar-refractivity contribution in [1.29, 1.82) is 0 Å². The summed E-state index contributed by atoms with van der Waals surface area (Å²) in [6.45, 7) is 6.68. The second-order valence-corrected chi connectivity index (χ2v) is 4.76. The molecule has 0 spiro atoms. The molecule has 0 aromatic rings. The van der Waals surface area contributed by atoms with Crippen LogP contribution in [0.4, 0.5) is 0 Å². The molecular weight excluding hydrogens is 170 g/mol. The molecule has 1 unspecified atom stereocenters. The van der Waals surface area contributed by atoms with Crippen molar-refractivity contribution in [2.24, 2.45) is 5.92 Å². The van der Waals surface area contributed by atoms with Gasteiger partial charge in [-0.05, 0) is 18.2 Å². The van der Waals surface area contributed by atoms with Gasteiger partial charge in [0.1, 0.15) is 0 Å². The number of hydrogen-bond donors (Lipinski definition) is 2. The van der Waals surface area contributed by atoms with Gasteiger partial charge in [-0.2, -0.15) is 0 Å². The number of aliphatic hydroxyl groups excluding tert-OH is 1. The van der Waals surface area contributed by atoms with E-state index in [1.807, 2.05) is 0 Å². The SMILES string of the molecule is CC1=CSC(CCO)(C(C)C)N1. The van der Waals surface area contributed by atoms with Crippen molar-refractivity contribution >= 4 is 11.8 Å². The number of rotatable bonds is 3. The first kappa shape index (κ1) is 9.93. The van der Waals surface area contributed by atoms with Crippen molar-refractivity contribution in [3.05, 3.63) is 11.1 Å². The smallest absolute Gasteiger partial charge is 0.0916 e. The summed E-state index contributed by atoms with van der Waals surface area (Å²) in [5.74, 6) is 0.531. The Balaban J connectivity index is 2.64. The monoisotopic (exact) mass is 187 g/mol. The minimum atomic E-state index is 0.0405. The lowest BCUT2D eigenvalue weighted by molar-refractivity contribution is 0.238. The van der Waals surface area contributed by atoms with E-state index in [1.54, 1.807) is 11.8 Å². The molecular formula is C9H17NOS. The highest BCUT2D eigenvalue weighted by Crippen LogP contribution is 2.40. The second kappa shape index (κ2) is 3.71. The lowest BCUT2D eigenvalue weighted by Crippen LogP contribution is -2.43. The molecule has 2 N–H and O–H groups in total. The number of hydrogen-bond acceptors (Lipinski definition) is 3. The van der Waals surface area contributed by atoms with Crippen LogP contribution in [-0.4, -0.2) is 16.6 Å². The molecule has 1 atom stereocenters. The van der Waals surface area contributed by atoms with E-state index in [4.69, 9.17) is 5.11 Å². The predicted molar refractivity (Wildman–Crippen MR) is 53.8 cm³/mol. The molecule has 1 rings (SSSR count). The normalized spacial score (nSPS) is 28.9. The topological polar surface area (TPSA) is 32.3 Å². The Labute approximate surface area is 78.4 Å². The van der Waals surface area contributed by atoms with Crippen molar-refractivity contribution in [3.63, 3.8) is 0 Å². The lowest BCUT2D eigenvalue weighted by Gasteiger charge is -2.33. The lowest BCUT2D eigenvalue weighted by atomic mass is 10.0. The molecule has 0 saturated heterocycles. The van der Waals surface area contributed by atoms with Gasteiger partial charge in [0, 0.05) is 18.7 Å². The standard InChI is InChI=1S/C9H17NOS/c1-7(2)9(4-5-11)10-8(3)6-12-9/h6-7,10-11H,4-5H2,1-3H3. The molecule has 70 valence electrons. The molecule has 0 saturated carbocycles. The van der Waals surface area contributed by atoms with Crippen LogP contribution in [0.3, 0.4) is 0 Å². The van der Waals surface area contributed by atoms with E-state index < -0.39 is 0 Å². The molecule has 0 aliphatic carbocycles. The van der Waals surface area contributed by atoms with E-state index >= 15 is 0 Å². The highest BCUT2D eigenvalue weighted by Gasteiger charge is 2.36. The van der Waals surface area contributed by atoms with Crippen LogP contribution in [0, 0.1) is 5.92 Å². The highest BCUT2D eigenvalue weighted by molar-refractivity contribution is 8.03. The number of thioether (sulfide) groups is 1. The maximum Gasteiger partial charge on any atom is 0.0916 e. The molecule has 2 nitrogen and oxygen atoms in total. The molecule has 0 radical (unpaired) electrons. The zero-order valence-electron chi connectivity index (χ0n) is 7.92. The first-order valence-electron chi connectivity index (χ1n) is 4.34. The Morgan fingerprint density at radius 3 is 2.67 bits per heavy atom. The van der Waals surface area contributed by atoms with Gasteiger partial charge in [0.25, 0.3) is 0 Å². The maximum atomic E-state index is 8.95. The van der Waals surface area contributed by atoms with Crippen LogP contribution >= 0.6 is 11.8 Å². The van der Waals surface area contributed by atoms with Crippen LogP contribution in [0.5, 0.6) is 0 Å². The number of nitrogens with one attached hydrogen (secondary N) is 1. The van der Waals surface area contributed by atoms with Gasteiger partial charge in [-0.25, -0.2) is 0 Å². The fourth-order valence-corrected chi connectivity index (χ4v) is 2.59. The third-order valence-electron chi connectivity index (χ3n) is 2.27. The summed E-state index contributed by atoms with van der Waals surface area (Å²) in [6, 6.07) is 0. The molecule has 0 aromatic heterocycles. The molecule has 1 aliphatic rings. The summed E-state index contributed by atoms with van der Waals surface area (Å²) in [4.78, 5) is 0.0405. The second-order valence-electron chi connectivity index (χ2n) is 3.56.